The van der Waals surface area contributed by atoms with Crippen LogP contribution in [0.15, 0.2) is 47.5 Å². The lowest BCUT2D eigenvalue weighted by Gasteiger charge is -2.23. The van der Waals surface area contributed by atoms with E-state index in [1.54, 1.807) is 43.3 Å². The maximum Gasteiger partial charge on any atom is 0.319 e. The second-order valence-electron chi connectivity index (χ2n) is 8.70. The minimum Gasteiger partial charge on any atom is -0.497 e. The van der Waals surface area contributed by atoms with E-state index in [2.05, 4.69) is 15.6 Å². The molecule has 33 heavy (non-hydrogen) atoms. The first-order valence-electron chi connectivity index (χ1n) is 10.7. The van der Waals surface area contributed by atoms with Crippen molar-refractivity contribution in [2.75, 3.05) is 12.4 Å². The van der Waals surface area contributed by atoms with Gasteiger partial charge in [-0.05, 0) is 43.0 Å². The summed E-state index contributed by atoms with van der Waals surface area (Å²) in [5.41, 5.74) is 6.56. The first-order chi connectivity index (χ1) is 15.6. The maximum absolute atomic E-state index is 14.7. The van der Waals surface area contributed by atoms with Gasteiger partial charge >= 0.3 is 6.03 Å². The van der Waals surface area contributed by atoms with Gasteiger partial charge in [-0.15, -0.1) is 0 Å². The Balaban J connectivity index is 1.59. The summed E-state index contributed by atoms with van der Waals surface area (Å²) >= 11 is 0. The second kappa shape index (κ2) is 9.89. The Kier molecular flexibility index (Phi) is 7.20. The van der Waals surface area contributed by atoms with E-state index in [0.29, 0.717) is 29.0 Å². The summed E-state index contributed by atoms with van der Waals surface area (Å²) in [7, 11) is 1.54. The number of carbonyl (C=O) groups excluding carboxylic acids is 2. The van der Waals surface area contributed by atoms with Gasteiger partial charge < -0.3 is 21.1 Å². The number of nitrogens with one attached hydrogen (secondary N) is 2. The van der Waals surface area contributed by atoms with Crippen molar-refractivity contribution in [1.82, 2.24) is 10.2 Å². The first kappa shape index (κ1) is 24.0. The molecule has 0 fully saturated rings. The van der Waals surface area contributed by atoms with E-state index in [1.807, 2.05) is 13.8 Å². The van der Waals surface area contributed by atoms with E-state index in [1.165, 1.54) is 18.1 Å². The molecule has 0 saturated carbocycles. The normalized spacial score (nSPS) is 17.8. The van der Waals surface area contributed by atoms with Crippen molar-refractivity contribution in [3.63, 3.8) is 0 Å². The van der Waals surface area contributed by atoms with E-state index >= 15 is 0 Å². The lowest BCUT2D eigenvalue weighted by atomic mass is 9.91. The highest BCUT2D eigenvalue weighted by molar-refractivity contribution is 6.06. The number of aliphatic imine (C=N–C) groups is 1. The summed E-state index contributed by atoms with van der Waals surface area (Å²) in [5.74, 6) is 0.362. The molecule has 0 aliphatic carbocycles. The lowest BCUT2D eigenvalue weighted by Crippen LogP contribution is -2.43. The van der Waals surface area contributed by atoms with Crippen LogP contribution in [-0.4, -0.2) is 35.4 Å². The highest BCUT2D eigenvalue weighted by atomic mass is 19.1. The number of hydrogen-bond acceptors (Lipinski definition) is 5. The number of anilines is 1. The van der Waals surface area contributed by atoms with Crippen LogP contribution in [-0.2, 0) is 17.9 Å². The number of methoxy groups -OCH3 is 1. The predicted molar refractivity (Wildman–Crippen MR) is 125 cm³/mol. The molecule has 1 aliphatic rings. The van der Waals surface area contributed by atoms with Gasteiger partial charge in [-0.3, -0.25) is 9.69 Å². The highest BCUT2D eigenvalue weighted by Gasteiger charge is 2.44. The van der Waals surface area contributed by atoms with Crippen LogP contribution in [0.2, 0.25) is 0 Å². The van der Waals surface area contributed by atoms with E-state index < -0.39 is 17.4 Å². The van der Waals surface area contributed by atoms with Crippen LogP contribution in [0.25, 0.3) is 0 Å². The molecule has 0 aromatic heterocycles. The van der Waals surface area contributed by atoms with Gasteiger partial charge in [-0.1, -0.05) is 32.0 Å². The zero-order valence-electron chi connectivity index (χ0n) is 19.3. The topological polar surface area (TPSA) is 109 Å². The lowest BCUT2D eigenvalue weighted by molar-refractivity contribution is -0.131. The quantitative estimate of drug-likeness (QED) is 0.565. The van der Waals surface area contributed by atoms with E-state index in [0.717, 1.165) is 0 Å². The molecule has 8 nitrogen and oxygen atoms in total. The molecule has 0 saturated heterocycles. The van der Waals surface area contributed by atoms with Crippen LogP contribution in [0.4, 0.5) is 14.9 Å². The van der Waals surface area contributed by atoms with E-state index in [-0.39, 0.29) is 30.9 Å². The zero-order chi connectivity index (χ0) is 24.2. The third kappa shape index (κ3) is 5.79. The Bertz CT molecular complexity index is 1070. The molecule has 1 aliphatic heterocycles. The molecular weight excluding hydrogens is 425 g/mol. The number of rotatable bonds is 8. The number of ether oxygens (including phenoxy) is 1. The summed E-state index contributed by atoms with van der Waals surface area (Å²) in [4.78, 5) is 30.8. The fraction of sp³-hybridized carbons (Fsp3) is 0.375. The monoisotopic (exact) mass is 455 g/mol. The maximum atomic E-state index is 14.7. The van der Waals surface area contributed by atoms with Crippen molar-refractivity contribution in [3.05, 3.63) is 59.4 Å². The number of halogens is 1. The Morgan fingerprint density at radius 1 is 1.27 bits per heavy atom. The molecule has 2 aromatic rings. The minimum absolute atomic E-state index is 0.000612. The minimum atomic E-state index is -0.892. The van der Waals surface area contributed by atoms with Crippen LogP contribution >= 0.6 is 0 Å². The number of nitrogens with zero attached hydrogens (tertiary/aromatic N) is 2. The average Bonchev–Trinajstić information content (AvgIpc) is 2.95. The molecule has 3 rings (SSSR count). The van der Waals surface area contributed by atoms with Crippen molar-refractivity contribution in [2.45, 2.75) is 45.8 Å². The fourth-order valence-corrected chi connectivity index (χ4v) is 3.90. The van der Waals surface area contributed by atoms with Gasteiger partial charge in [0.2, 0.25) is 0 Å². The highest BCUT2D eigenvalue weighted by Crippen LogP contribution is 2.29. The van der Waals surface area contributed by atoms with Gasteiger partial charge in [0.25, 0.3) is 5.91 Å². The SMILES string of the molecule is COc1cccc(NC(=O)NCc2ccc(CN3C(=O)C(C)(CC(C)C)N=C3N)cc2F)c1. The Hall–Kier alpha value is -3.62. The van der Waals surface area contributed by atoms with Gasteiger partial charge in [0, 0.05) is 23.9 Å². The largest absolute Gasteiger partial charge is 0.497 e. The average molecular weight is 456 g/mol. The van der Waals surface area contributed by atoms with Crippen LogP contribution in [0.1, 0.15) is 38.3 Å². The van der Waals surface area contributed by atoms with E-state index in [9.17, 15) is 14.0 Å². The molecule has 176 valence electrons. The smallest absolute Gasteiger partial charge is 0.319 e. The van der Waals surface area contributed by atoms with Gasteiger partial charge in [-0.25, -0.2) is 14.2 Å². The Morgan fingerprint density at radius 3 is 2.70 bits per heavy atom. The van der Waals surface area contributed by atoms with E-state index in [4.69, 9.17) is 10.5 Å². The van der Waals surface area contributed by atoms with Crippen LogP contribution in [0, 0.1) is 11.7 Å². The molecule has 1 atom stereocenters. The Labute approximate surface area is 193 Å². The van der Waals surface area contributed by atoms with Crippen LogP contribution in [0.5, 0.6) is 5.75 Å². The summed E-state index contributed by atoms with van der Waals surface area (Å²) in [6.07, 6.45) is 0.583. The van der Waals surface area contributed by atoms with Gasteiger partial charge in [0.15, 0.2) is 5.96 Å². The molecule has 0 radical (unpaired) electrons. The molecule has 0 bridgehead atoms. The summed E-state index contributed by atoms with van der Waals surface area (Å²) in [6, 6.07) is 11.1. The molecule has 1 unspecified atom stereocenters. The third-order valence-corrected chi connectivity index (χ3v) is 5.37. The van der Waals surface area contributed by atoms with Gasteiger partial charge in [-0.2, -0.15) is 0 Å². The van der Waals surface area contributed by atoms with Crippen LogP contribution in [0.3, 0.4) is 0 Å². The van der Waals surface area contributed by atoms with Gasteiger partial charge in [0.05, 0.1) is 13.7 Å². The van der Waals surface area contributed by atoms with Gasteiger partial charge in [0.1, 0.15) is 17.1 Å². The number of guanidine groups is 1. The number of urea groups is 1. The molecule has 4 N–H and O–H groups in total. The molecule has 0 spiro atoms. The summed E-state index contributed by atoms with van der Waals surface area (Å²) in [5, 5.41) is 5.30. The molecule has 3 amide bonds. The van der Waals surface area contributed by atoms with Crippen molar-refractivity contribution >= 4 is 23.6 Å². The van der Waals surface area contributed by atoms with Crippen molar-refractivity contribution in [1.29, 1.82) is 0 Å². The molecular formula is C24H30FN5O3. The predicted octanol–water partition coefficient (Wildman–Crippen LogP) is 3.62. The third-order valence-electron chi connectivity index (χ3n) is 5.37. The number of benzene rings is 2. The summed E-state index contributed by atoms with van der Waals surface area (Å²) in [6.45, 7) is 5.94. The molecule has 1 heterocycles. The number of hydrogen-bond donors (Lipinski definition) is 3. The number of nitrogens with two attached hydrogens (primary N) is 1. The standard InChI is InChI=1S/C24H30FN5O3/c1-15(2)12-24(3)21(31)30(22(26)29-24)14-16-8-9-17(20(25)10-16)13-27-23(32)28-18-6-5-7-19(11-18)33-4/h5-11,15H,12-14H2,1-4H3,(H2,26,29)(H2,27,28,32). The Morgan fingerprint density at radius 2 is 2.03 bits per heavy atom. The first-order valence-corrected chi connectivity index (χ1v) is 10.7. The zero-order valence-corrected chi connectivity index (χ0v) is 19.3. The molecule has 2 aromatic carbocycles. The van der Waals surface area contributed by atoms with Crippen molar-refractivity contribution in [3.8, 4) is 5.75 Å². The van der Waals surface area contributed by atoms with Crippen LogP contribution < -0.4 is 21.1 Å². The van der Waals surface area contributed by atoms with Crippen molar-refractivity contribution in [2.24, 2.45) is 16.6 Å². The number of amides is 3. The van der Waals surface area contributed by atoms with Crippen molar-refractivity contribution < 1.29 is 18.7 Å². The second-order valence-corrected chi connectivity index (χ2v) is 8.70. The fourth-order valence-electron chi connectivity index (χ4n) is 3.90. The number of carbonyl (C=O) groups is 2. The molecule has 9 heteroatoms. The summed E-state index contributed by atoms with van der Waals surface area (Å²) < 4.78 is 19.8.